The summed E-state index contributed by atoms with van der Waals surface area (Å²) in [7, 11) is 0. The number of amides is 1. The molecule has 0 heterocycles. The Labute approximate surface area is 133 Å². The van der Waals surface area contributed by atoms with E-state index in [4.69, 9.17) is 5.73 Å². The van der Waals surface area contributed by atoms with E-state index in [9.17, 15) is 4.79 Å². The van der Waals surface area contributed by atoms with Crippen molar-refractivity contribution in [2.24, 2.45) is 0 Å². The standard InChI is InChI=1S/C17H19BrN2O/c1-3-9-20(15-6-4-5-14(19)11-15)17(21)13-8-7-12(2)16(18)10-13/h4-8,10-11H,3,9,19H2,1-2H3. The van der Waals surface area contributed by atoms with E-state index in [0.29, 0.717) is 17.8 Å². The van der Waals surface area contributed by atoms with Gasteiger partial charge in [0.15, 0.2) is 0 Å². The summed E-state index contributed by atoms with van der Waals surface area (Å²) < 4.78 is 0.942. The number of nitrogen functional groups attached to an aromatic ring is 1. The lowest BCUT2D eigenvalue weighted by atomic mass is 10.1. The Hall–Kier alpha value is -1.81. The van der Waals surface area contributed by atoms with Gasteiger partial charge >= 0.3 is 0 Å². The number of halogens is 1. The summed E-state index contributed by atoms with van der Waals surface area (Å²) in [6, 6.07) is 13.1. The highest BCUT2D eigenvalue weighted by Crippen LogP contribution is 2.23. The van der Waals surface area contributed by atoms with Crippen LogP contribution in [-0.2, 0) is 0 Å². The van der Waals surface area contributed by atoms with Gasteiger partial charge in [-0.2, -0.15) is 0 Å². The minimum atomic E-state index is -0.0110. The highest BCUT2D eigenvalue weighted by Gasteiger charge is 2.17. The van der Waals surface area contributed by atoms with E-state index >= 15 is 0 Å². The van der Waals surface area contributed by atoms with Crippen molar-refractivity contribution in [3.05, 3.63) is 58.1 Å². The second-order valence-electron chi connectivity index (χ2n) is 5.02. The molecule has 2 aromatic rings. The molecule has 0 saturated carbocycles. The van der Waals surface area contributed by atoms with Gasteiger partial charge in [0.05, 0.1) is 0 Å². The minimum absolute atomic E-state index is 0.0110. The lowest BCUT2D eigenvalue weighted by molar-refractivity contribution is 0.0987. The van der Waals surface area contributed by atoms with Gasteiger partial charge in [0.1, 0.15) is 0 Å². The van der Waals surface area contributed by atoms with E-state index in [1.165, 1.54) is 0 Å². The third kappa shape index (κ3) is 3.64. The van der Waals surface area contributed by atoms with Crippen LogP contribution in [0.15, 0.2) is 46.9 Å². The average Bonchev–Trinajstić information content (AvgIpc) is 2.47. The normalized spacial score (nSPS) is 10.4. The molecular weight excluding hydrogens is 328 g/mol. The molecular formula is C17H19BrN2O. The molecule has 3 nitrogen and oxygen atoms in total. The quantitative estimate of drug-likeness (QED) is 0.834. The van der Waals surface area contributed by atoms with Crippen molar-refractivity contribution in [3.63, 3.8) is 0 Å². The SMILES string of the molecule is CCCN(C(=O)c1ccc(C)c(Br)c1)c1cccc(N)c1. The molecule has 0 aliphatic rings. The summed E-state index contributed by atoms with van der Waals surface area (Å²) in [4.78, 5) is 14.5. The number of benzene rings is 2. The van der Waals surface area contributed by atoms with Crippen LogP contribution in [0.1, 0.15) is 29.3 Å². The molecule has 0 unspecified atom stereocenters. The number of nitrogens with two attached hydrogens (primary N) is 1. The predicted octanol–water partition coefficient (Wildman–Crippen LogP) is 4.40. The van der Waals surface area contributed by atoms with Crippen LogP contribution in [0.4, 0.5) is 11.4 Å². The van der Waals surface area contributed by atoms with E-state index in [0.717, 1.165) is 22.1 Å². The number of carbonyl (C=O) groups is 1. The summed E-state index contributed by atoms with van der Waals surface area (Å²) in [5, 5.41) is 0. The summed E-state index contributed by atoms with van der Waals surface area (Å²) in [5.74, 6) is -0.0110. The van der Waals surface area contributed by atoms with E-state index in [1.54, 1.807) is 4.90 Å². The monoisotopic (exact) mass is 346 g/mol. The summed E-state index contributed by atoms with van der Waals surface area (Å²) >= 11 is 3.48. The second-order valence-corrected chi connectivity index (χ2v) is 5.87. The zero-order chi connectivity index (χ0) is 15.4. The van der Waals surface area contributed by atoms with Crippen molar-refractivity contribution in [1.29, 1.82) is 0 Å². The van der Waals surface area contributed by atoms with Crippen molar-refractivity contribution in [2.75, 3.05) is 17.2 Å². The van der Waals surface area contributed by atoms with Crippen LogP contribution < -0.4 is 10.6 Å². The van der Waals surface area contributed by atoms with Gasteiger partial charge in [0, 0.05) is 28.0 Å². The molecule has 0 aliphatic heterocycles. The molecule has 1 amide bonds. The third-order valence-corrected chi connectivity index (χ3v) is 4.15. The van der Waals surface area contributed by atoms with Crippen LogP contribution in [0.3, 0.4) is 0 Å². The van der Waals surface area contributed by atoms with E-state index < -0.39 is 0 Å². The second kappa shape index (κ2) is 6.76. The van der Waals surface area contributed by atoms with Crippen molar-refractivity contribution >= 4 is 33.2 Å². The van der Waals surface area contributed by atoms with Crippen molar-refractivity contribution < 1.29 is 4.79 Å². The molecule has 0 aliphatic carbocycles. The molecule has 0 spiro atoms. The number of hydrogen-bond acceptors (Lipinski definition) is 2. The maximum Gasteiger partial charge on any atom is 0.258 e. The van der Waals surface area contributed by atoms with Gasteiger partial charge in [-0.15, -0.1) is 0 Å². The zero-order valence-electron chi connectivity index (χ0n) is 12.3. The molecule has 0 aromatic heterocycles. The van der Waals surface area contributed by atoms with E-state index in [1.807, 2.05) is 49.4 Å². The lowest BCUT2D eigenvalue weighted by Gasteiger charge is -2.23. The Bertz CT molecular complexity index is 655. The Morgan fingerprint density at radius 3 is 2.62 bits per heavy atom. The Morgan fingerprint density at radius 2 is 2.00 bits per heavy atom. The van der Waals surface area contributed by atoms with Gasteiger partial charge in [0.2, 0.25) is 0 Å². The molecule has 2 rings (SSSR count). The molecule has 0 fully saturated rings. The number of rotatable bonds is 4. The topological polar surface area (TPSA) is 46.3 Å². The van der Waals surface area contributed by atoms with E-state index in [-0.39, 0.29) is 5.91 Å². The Balaban J connectivity index is 2.37. The van der Waals surface area contributed by atoms with Crippen LogP contribution >= 0.6 is 15.9 Å². The van der Waals surface area contributed by atoms with Gasteiger partial charge in [-0.3, -0.25) is 4.79 Å². The van der Waals surface area contributed by atoms with Crippen molar-refractivity contribution in [2.45, 2.75) is 20.3 Å². The molecule has 0 radical (unpaired) electrons. The molecule has 0 bridgehead atoms. The number of carbonyl (C=O) groups excluding carboxylic acids is 1. The summed E-state index contributed by atoms with van der Waals surface area (Å²) in [6.07, 6.45) is 0.883. The average molecular weight is 347 g/mol. The largest absolute Gasteiger partial charge is 0.399 e. The number of hydrogen-bond donors (Lipinski definition) is 1. The van der Waals surface area contributed by atoms with E-state index in [2.05, 4.69) is 22.9 Å². The molecule has 110 valence electrons. The van der Waals surface area contributed by atoms with Crippen LogP contribution in [-0.4, -0.2) is 12.5 Å². The Kier molecular flexibility index (Phi) is 5.02. The van der Waals surface area contributed by atoms with Gasteiger partial charge < -0.3 is 10.6 Å². The smallest absolute Gasteiger partial charge is 0.258 e. The molecule has 0 atom stereocenters. The maximum absolute atomic E-state index is 12.8. The lowest BCUT2D eigenvalue weighted by Crippen LogP contribution is -2.31. The van der Waals surface area contributed by atoms with Crippen LogP contribution in [0.25, 0.3) is 0 Å². The first-order chi connectivity index (χ1) is 10.0. The first kappa shape index (κ1) is 15.6. The minimum Gasteiger partial charge on any atom is -0.399 e. The number of anilines is 2. The van der Waals surface area contributed by atoms with Gasteiger partial charge in [-0.1, -0.05) is 35.0 Å². The molecule has 0 saturated heterocycles. The highest BCUT2D eigenvalue weighted by molar-refractivity contribution is 9.10. The third-order valence-electron chi connectivity index (χ3n) is 3.29. The number of nitrogens with zero attached hydrogens (tertiary/aromatic N) is 1. The van der Waals surface area contributed by atoms with Gasteiger partial charge in [-0.05, 0) is 49.2 Å². The molecule has 2 N–H and O–H groups in total. The van der Waals surface area contributed by atoms with Gasteiger partial charge in [-0.25, -0.2) is 0 Å². The Morgan fingerprint density at radius 1 is 1.24 bits per heavy atom. The van der Waals surface area contributed by atoms with Crippen LogP contribution in [0.5, 0.6) is 0 Å². The summed E-state index contributed by atoms with van der Waals surface area (Å²) in [6.45, 7) is 4.71. The predicted molar refractivity (Wildman–Crippen MR) is 91.7 cm³/mol. The summed E-state index contributed by atoms with van der Waals surface area (Å²) in [5.41, 5.74) is 9.10. The molecule has 21 heavy (non-hydrogen) atoms. The fourth-order valence-electron chi connectivity index (χ4n) is 2.15. The first-order valence-corrected chi connectivity index (χ1v) is 7.75. The van der Waals surface area contributed by atoms with Crippen LogP contribution in [0.2, 0.25) is 0 Å². The maximum atomic E-state index is 12.8. The molecule has 4 heteroatoms. The highest BCUT2D eigenvalue weighted by atomic mass is 79.9. The zero-order valence-corrected chi connectivity index (χ0v) is 13.9. The van der Waals surface area contributed by atoms with Crippen molar-refractivity contribution in [1.82, 2.24) is 0 Å². The fraction of sp³-hybridized carbons (Fsp3) is 0.235. The van der Waals surface area contributed by atoms with Crippen molar-refractivity contribution in [3.8, 4) is 0 Å². The molecule has 2 aromatic carbocycles. The number of aryl methyl sites for hydroxylation is 1. The first-order valence-electron chi connectivity index (χ1n) is 6.96. The fourth-order valence-corrected chi connectivity index (χ4v) is 2.52. The van der Waals surface area contributed by atoms with Gasteiger partial charge in [0.25, 0.3) is 5.91 Å². The van der Waals surface area contributed by atoms with Crippen LogP contribution in [0, 0.1) is 6.92 Å².